The fourth-order valence-corrected chi connectivity index (χ4v) is 4.88. The molecule has 130 valence electrons. The van der Waals surface area contributed by atoms with E-state index in [0.29, 0.717) is 17.3 Å². The molecule has 4 aliphatic rings. The number of hydrogen-bond acceptors (Lipinski definition) is 5. The highest BCUT2D eigenvalue weighted by atomic mass is 16.5. The maximum atomic E-state index is 5.92. The monoisotopic (exact) mass is 328 g/mol. The van der Waals surface area contributed by atoms with Crippen LogP contribution in [-0.4, -0.2) is 60.8 Å². The first-order valence-corrected chi connectivity index (χ1v) is 9.62. The summed E-state index contributed by atoms with van der Waals surface area (Å²) in [6, 6.07) is 2.18. The largest absolute Gasteiger partial charge is 0.380 e. The van der Waals surface area contributed by atoms with Crippen molar-refractivity contribution in [3.8, 4) is 0 Å². The van der Waals surface area contributed by atoms with Gasteiger partial charge in [0.2, 0.25) is 0 Å². The molecule has 3 aliphatic heterocycles. The average Bonchev–Trinajstić information content (AvgIpc) is 2.99. The zero-order valence-electron chi connectivity index (χ0n) is 14.7. The van der Waals surface area contributed by atoms with E-state index >= 15 is 0 Å². The number of aryl methyl sites for hydroxylation is 1. The predicted molar refractivity (Wildman–Crippen MR) is 93.4 cm³/mol. The van der Waals surface area contributed by atoms with Crippen molar-refractivity contribution in [3.05, 3.63) is 17.6 Å². The summed E-state index contributed by atoms with van der Waals surface area (Å²) in [5.74, 6) is 3.50. The van der Waals surface area contributed by atoms with Crippen LogP contribution in [0.3, 0.4) is 0 Å². The third-order valence-corrected chi connectivity index (χ3v) is 6.38. The number of ether oxygens (including phenoxy) is 1. The van der Waals surface area contributed by atoms with Crippen LogP contribution in [0.1, 0.15) is 43.1 Å². The topological polar surface area (TPSA) is 41.5 Å². The molecule has 1 aliphatic carbocycles. The summed E-state index contributed by atoms with van der Waals surface area (Å²) < 4.78 is 5.92. The van der Waals surface area contributed by atoms with Crippen molar-refractivity contribution in [3.63, 3.8) is 0 Å². The molecule has 24 heavy (non-hydrogen) atoms. The van der Waals surface area contributed by atoms with Crippen molar-refractivity contribution in [2.45, 2.75) is 38.5 Å². The number of fused-ring (bicyclic) bond motifs is 1. The Kier molecular flexibility index (Phi) is 3.56. The smallest absolute Gasteiger partial charge is 0.134 e. The van der Waals surface area contributed by atoms with Crippen LogP contribution >= 0.6 is 0 Å². The fourth-order valence-electron chi connectivity index (χ4n) is 4.88. The summed E-state index contributed by atoms with van der Waals surface area (Å²) >= 11 is 0. The van der Waals surface area contributed by atoms with Crippen LogP contribution in [0, 0.1) is 18.3 Å². The van der Waals surface area contributed by atoms with Crippen molar-refractivity contribution >= 4 is 5.82 Å². The zero-order chi connectivity index (χ0) is 16.1. The molecule has 0 unspecified atom stereocenters. The van der Waals surface area contributed by atoms with E-state index in [9.17, 15) is 0 Å². The minimum atomic E-state index is 0.308. The van der Waals surface area contributed by atoms with Crippen LogP contribution in [0.2, 0.25) is 0 Å². The molecule has 1 saturated carbocycles. The summed E-state index contributed by atoms with van der Waals surface area (Å²) in [5, 5.41) is 0. The molecule has 0 aromatic carbocycles. The summed E-state index contributed by atoms with van der Waals surface area (Å²) in [6.07, 6.45) is 5.25. The minimum absolute atomic E-state index is 0.308. The Labute approximate surface area is 144 Å². The molecule has 1 aromatic heterocycles. The summed E-state index contributed by atoms with van der Waals surface area (Å²) in [5.41, 5.74) is 1.42. The number of rotatable bonds is 4. The van der Waals surface area contributed by atoms with Crippen LogP contribution < -0.4 is 4.90 Å². The molecule has 0 spiro atoms. The quantitative estimate of drug-likeness (QED) is 0.848. The number of anilines is 1. The number of aromatic nitrogens is 2. The van der Waals surface area contributed by atoms with Crippen LogP contribution in [-0.2, 0) is 4.74 Å². The highest BCUT2D eigenvalue weighted by molar-refractivity contribution is 5.43. The van der Waals surface area contributed by atoms with E-state index in [2.05, 4.69) is 27.8 Å². The molecule has 0 radical (unpaired) electrons. The molecule has 5 heteroatoms. The van der Waals surface area contributed by atoms with Crippen LogP contribution in [0.4, 0.5) is 5.82 Å². The lowest BCUT2D eigenvalue weighted by Gasteiger charge is -2.32. The second kappa shape index (κ2) is 5.67. The third kappa shape index (κ3) is 2.62. The lowest BCUT2D eigenvalue weighted by Crippen LogP contribution is -2.42. The fraction of sp³-hybridized carbons (Fsp3) is 0.789. The second-order valence-corrected chi connectivity index (χ2v) is 8.44. The van der Waals surface area contributed by atoms with E-state index in [1.54, 1.807) is 0 Å². The molecular weight excluding hydrogens is 300 g/mol. The Morgan fingerprint density at radius 1 is 1.25 bits per heavy atom. The average molecular weight is 328 g/mol. The van der Waals surface area contributed by atoms with Crippen LogP contribution in [0.15, 0.2) is 6.07 Å². The molecule has 0 N–H and O–H groups in total. The molecule has 4 fully saturated rings. The highest BCUT2D eigenvalue weighted by Crippen LogP contribution is 2.44. The van der Waals surface area contributed by atoms with Crippen LogP contribution in [0.25, 0.3) is 0 Å². The molecule has 4 heterocycles. The summed E-state index contributed by atoms with van der Waals surface area (Å²) in [4.78, 5) is 14.8. The van der Waals surface area contributed by atoms with Gasteiger partial charge in [0.1, 0.15) is 11.6 Å². The van der Waals surface area contributed by atoms with Gasteiger partial charge in [-0.3, -0.25) is 0 Å². The van der Waals surface area contributed by atoms with E-state index in [0.717, 1.165) is 43.6 Å². The Morgan fingerprint density at radius 3 is 2.88 bits per heavy atom. The molecule has 3 saturated heterocycles. The highest BCUT2D eigenvalue weighted by Gasteiger charge is 2.51. The van der Waals surface area contributed by atoms with Gasteiger partial charge in [-0.25, -0.2) is 9.97 Å². The van der Waals surface area contributed by atoms with E-state index in [1.807, 2.05) is 0 Å². The van der Waals surface area contributed by atoms with E-state index in [1.165, 1.54) is 45.3 Å². The van der Waals surface area contributed by atoms with Gasteiger partial charge >= 0.3 is 0 Å². The van der Waals surface area contributed by atoms with E-state index < -0.39 is 0 Å². The van der Waals surface area contributed by atoms with E-state index in [-0.39, 0.29) is 0 Å². The van der Waals surface area contributed by atoms with Crippen molar-refractivity contribution < 1.29 is 4.74 Å². The number of hydrogen-bond donors (Lipinski definition) is 0. The Hall–Kier alpha value is -1.20. The maximum absolute atomic E-state index is 5.92. The molecule has 0 bridgehead atoms. The zero-order valence-corrected chi connectivity index (χ0v) is 14.7. The van der Waals surface area contributed by atoms with Gasteiger partial charge < -0.3 is 14.5 Å². The van der Waals surface area contributed by atoms with Gasteiger partial charge in [0.25, 0.3) is 0 Å². The number of nitrogens with zero attached hydrogens (tertiary/aromatic N) is 4. The first-order chi connectivity index (χ1) is 11.7. The second-order valence-electron chi connectivity index (χ2n) is 8.44. The maximum Gasteiger partial charge on any atom is 0.134 e. The van der Waals surface area contributed by atoms with Gasteiger partial charge in [0.15, 0.2) is 0 Å². The van der Waals surface area contributed by atoms with E-state index in [4.69, 9.17) is 9.72 Å². The first-order valence-electron chi connectivity index (χ1n) is 9.62. The summed E-state index contributed by atoms with van der Waals surface area (Å²) in [6.45, 7) is 9.88. The Balaban J connectivity index is 1.38. The van der Waals surface area contributed by atoms with Gasteiger partial charge in [0, 0.05) is 48.6 Å². The minimum Gasteiger partial charge on any atom is -0.380 e. The van der Waals surface area contributed by atoms with Gasteiger partial charge in [-0.2, -0.15) is 0 Å². The molecule has 0 amide bonds. The Morgan fingerprint density at radius 2 is 2.08 bits per heavy atom. The van der Waals surface area contributed by atoms with Crippen molar-refractivity contribution in [1.82, 2.24) is 14.9 Å². The molecular formula is C19H28N4O. The first kappa shape index (κ1) is 15.1. The van der Waals surface area contributed by atoms with Gasteiger partial charge in [-0.15, -0.1) is 0 Å². The molecule has 5 rings (SSSR count). The lowest BCUT2D eigenvalue weighted by atomic mass is 9.80. The SMILES string of the molecule is Cc1cc(N2C[C@@H]3COC[C@]3(CN3CCCC3)C2)nc(C2CC2)n1. The molecule has 5 nitrogen and oxygen atoms in total. The number of likely N-dealkylation sites (tertiary alicyclic amines) is 1. The lowest BCUT2D eigenvalue weighted by molar-refractivity contribution is 0.126. The van der Waals surface area contributed by atoms with Crippen molar-refractivity contribution in [1.29, 1.82) is 0 Å². The van der Waals surface area contributed by atoms with Crippen molar-refractivity contribution in [2.75, 3.05) is 50.8 Å². The standard InChI is InChI=1S/C19H28N4O/c1-14-8-17(21-18(20-14)15-4-5-15)23-9-16-10-24-13-19(16,12-23)11-22-6-2-3-7-22/h8,15-16H,2-7,9-13H2,1H3/t16-,19+/m1/s1. The van der Waals surface area contributed by atoms with Gasteiger partial charge in [-0.1, -0.05) is 0 Å². The van der Waals surface area contributed by atoms with Crippen molar-refractivity contribution in [2.24, 2.45) is 11.3 Å². The third-order valence-electron chi connectivity index (χ3n) is 6.38. The van der Waals surface area contributed by atoms with Gasteiger partial charge in [-0.05, 0) is 45.7 Å². The van der Waals surface area contributed by atoms with Gasteiger partial charge in [0.05, 0.1) is 13.2 Å². The summed E-state index contributed by atoms with van der Waals surface area (Å²) in [7, 11) is 0. The van der Waals surface area contributed by atoms with Crippen LogP contribution in [0.5, 0.6) is 0 Å². The normalized spacial score (nSPS) is 33.4. The predicted octanol–water partition coefficient (Wildman–Crippen LogP) is 2.21. The Bertz CT molecular complexity index is 626. The molecule has 2 atom stereocenters. The molecule has 1 aromatic rings.